The summed E-state index contributed by atoms with van der Waals surface area (Å²) in [6, 6.07) is 2.33. The van der Waals surface area contributed by atoms with Crippen molar-refractivity contribution in [3.05, 3.63) is 0 Å². The zero-order valence-corrected chi connectivity index (χ0v) is 12.0. The Bertz CT molecular complexity index is 214. The molecule has 0 bridgehead atoms. The van der Waals surface area contributed by atoms with Crippen molar-refractivity contribution in [1.29, 1.82) is 5.26 Å². The summed E-state index contributed by atoms with van der Waals surface area (Å²) in [4.78, 5) is 0. The largest absolute Gasteiger partial charge is 0.396 e. The summed E-state index contributed by atoms with van der Waals surface area (Å²) in [5.74, 6) is 2.16. The van der Waals surface area contributed by atoms with E-state index < -0.39 is 0 Å². The minimum absolute atomic E-state index is 0.167. The van der Waals surface area contributed by atoms with Crippen LogP contribution in [0.1, 0.15) is 39.5 Å². The van der Waals surface area contributed by atoms with Gasteiger partial charge in [-0.15, -0.1) is 0 Å². The van der Waals surface area contributed by atoms with E-state index in [0.29, 0.717) is 6.61 Å². The number of nitrogens with one attached hydrogen (secondary N) is 1. The normalized spacial score (nSPS) is 11.4. The zero-order valence-electron chi connectivity index (χ0n) is 11.2. The third-order valence-corrected chi connectivity index (χ3v) is 3.65. The van der Waals surface area contributed by atoms with E-state index in [4.69, 9.17) is 10.4 Å². The fourth-order valence-electron chi connectivity index (χ4n) is 1.41. The molecule has 0 saturated heterocycles. The molecule has 0 fully saturated rings. The van der Waals surface area contributed by atoms with E-state index in [1.54, 1.807) is 0 Å². The lowest BCUT2D eigenvalue weighted by atomic mass is 9.89. The standard InChI is InChI=1S/C13H26N2OS/c1-13(2,12-14)6-3-4-7-15-8-11-17-10-5-9-16/h15-16H,3-11H2,1-2H3. The Labute approximate surface area is 110 Å². The Hall–Kier alpha value is -0.240. The first-order chi connectivity index (χ1) is 8.12. The van der Waals surface area contributed by atoms with Gasteiger partial charge in [0.2, 0.25) is 0 Å². The lowest BCUT2D eigenvalue weighted by Gasteiger charge is -2.14. The molecule has 0 aliphatic carbocycles. The van der Waals surface area contributed by atoms with Gasteiger partial charge in [-0.05, 0) is 45.4 Å². The molecule has 0 spiro atoms. The van der Waals surface area contributed by atoms with Crippen molar-refractivity contribution < 1.29 is 5.11 Å². The van der Waals surface area contributed by atoms with Gasteiger partial charge in [0.15, 0.2) is 0 Å². The van der Waals surface area contributed by atoms with Crippen molar-refractivity contribution in [2.24, 2.45) is 5.41 Å². The highest BCUT2D eigenvalue weighted by Gasteiger charge is 2.14. The van der Waals surface area contributed by atoms with Crippen LogP contribution in [0, 0.1) is 16.7 Å². The van der Waals surface area contributed by atoms with Crippen LogP contribution in [0.25, 0.3) is 0 Å². The Balaban J connectivity index is 3.12. The van der Waals surface area contributed by atoms with Gasteiger partial charge in [0.05, 0.1) is 11.5 Å². The summed E-state index contributed by atoms with van der Waals surface area (Å²) in [5, 5.41) is 20.9. The second-order valence-corrected chi connectivity index (χ2v) is 6.12. The number of thioether (sulfide) groups is 1. The van der Waals surface area contributed by atoms with E-state index in [-0.39, 0.29) is 5.41 Å². The number of aliphatic hydroxyl groups is 1. The SMILES string of the molecule is CC(C)(C#N)CCCCNCCSCCCO. The van der Waals surface area contributed by atoms with Gasteiger partial charge in [-0.3, -0.25) is 0 Å². The predicted octanol–water partition coefficient (Wildman–Crippen LogP) is 2.41. The van der Waals surface area contributed by atoms with E-state index in [9.17, 15) is 0 Å². The van der Waals surface area contributed by atoms with Gasteiger partial charge in [-0.2, -0.15) is 17.0 Å². The van der Waals surface area contributed by atoms with Crippen molar-refractivity contribution in [3.63, 3.8) is 0 Å². The third kappa shape index (κ3) is 12.0. The van der Waals surface area contributed by atoms with Gasteiger partial charge in [0, 0.05) is 18.9 Å². The zero-order chi connectivity index (χ0) is 13.0. The number of rotatable bonds is 11. The van der Waals surface area contributed by atoms with E-state index in [0.717, 1.165) is 50.3 Å². The topological polar surface area (TPSA) is 56.0 Å². The number of aliphatic hydroxyl groups excluding tert-OH is 1. The van der Waals surface area contributed by atoms with Gasteiger partial charge in [-0.25, -0.2) is 0 Å². The first-order valence-electron chi connectivity index (χ1n) is 6.43. The van der Waals surface area contributed by atoms with Crippen molar-refractivity contribution in [1.82, 2.24) is 5.32 Å². The Morgan fingerprint density at radius 1 is 1.18 bits per heavy atom. The quantitative estimate of drug-likeness (QED) is 0.559. The molecule has 0 atom stereocenters. The van der Waals surface area contributed by atoms with Crippen LogP contribution in [0.5, 0.6) is 0 Å². The molecule has 0 rings (SSSR count). The molecular weight excluding hydrogens is 232 g/mol. The number of unbranched alkanes of at least 4 members (excludes halogenated alkanes) is 1. The van der Waals surface area contributed by atoms with Crippen LogP contribution in [0.15, 0.2) is 0 Å². The van der Waals surface area contributed by atoms with Gasteiger partial charge < -0.3 is 10.4 Å². The van der Waals surface area contributed by atoms with E-state index in [1.807, 2.05) is 25.6 Å². The van der Waals surface area contributed by atoms with E-state index in [1.165, 1.54) is 0 Å². The third-order valence-electron chi connectivity index (χ3n) is 2.58. The first kappa shape index (κ1) is 16.8. The second kappa shape index (κ2) is 10.9. The smallest absolute Gasteiger partial charge is 0.0683 e. The molecule has 3 nitrogen and oxygen atoms in total. The molecule has 0 aromatic heterocycles. The Morgan fingerprint density at radius 3 is 2.59 bits per heavy atom. The average Bonchev–Trinajstić information content (AvgIpc) is 2.31. The Kier molecular flexibility index (Phi) is 10.7. The number of hydrogen-bond acceptors (Lipinski definition) is 4. The molecule has 0 aliphatic heterocycles. The molecule has 100 valence electrons. The monoisotopic (exact) mass is 258 g/mol. The van der Waals surface area contributed by atoms with Crippen LogP contribution in [-0.4, -0.2) is 36.3 Å². The first-order valence-corrected chi connectivity index (χ1v) is 7.58. The highest BCUT2D eigenvalue weighted by Crippen LogP contribution is 2.21. The average molecular weight is 258 g/mol. The highest BCUT2D eigenvalue weighted by atomic mass is 32.2. The molecule has 0 unspecified atom stereocenters. The summed E-state index contributed by atoms with van der Waals surface area (Å²) in [6.07, 6.45) is 4.14. The van der Waals surface area contributed by atoms with Crippen LogP contribution in [0.2, 0.25) is 0 Å². The van der Waals surface area contributed by atoms with Gasteiger partial charge in [0.25, 0.3) is 0 Å². The molecule has 0 aromatic carbocycles. The molecule has 0 aliphatic rings. The maximum absolute atomic E-state index is 8.85. The van der Waals surface area contributed by atoms with Crippen molar-refractivity contribution in [2.75, 3.05) is 31.2 Å². The molecule has 0 saturated carbocycles. The molecule has 0 amide bonds. The minimum atomic E-state index is -0.167. The molecule has 0 heterocycles. The molecule has 0 aromatic rings. The molecule has 0 radical (unpaired) electrons. The maximum Gasteiger partial charge on any atom is 0.0683 e. The van der Waals surface area contributed by atoms with Crippen LogP contribution in [0.3, 0.4) is 0 Å². The number of nitrogens with zero attached hydrogens (tertiary/aromatic N) is 1. The lowest BCUT2D eigenvalue weighted by molar-refractivity contribution is 0.296. The molecular formula is C13H26N2OS. The maximum atomic E-state index is 8.85. The number of hydrogen-bond donors (Lipinski definition) is 2. The molecule has 17 heavy (non-hydrogen) atoms. The highest BCUT2D eigenvalue weighted by molar-refractivity contribution is 7.99. The van der Waals surface area contributed by atoms with Crippen LogP contribution in [-0.2, 0) is 0 Å². The van der Waals surface area contributed by atoms with E-state index in [2.05, 4.69) is 11.4 Å². The number of nitriles is 1. The Morgan fingerprint density at radius 2 is 1.94 bits per heavy atom. The molecule has 4 heteroatoms. The fourth-order valence-corrected chi connectivity index (χ4v) is 2.24. The van der Waals surface area contributed by atoms with Gasteiger partial charge in [0.1, 0.15) is 0 Å². The van der Waals surface area contributed by atoms with Crippen LogP contribution < -0.4 is 5.32 Å². The van der Waals surface area contributed by atoms with E-state index >= 15 is 0 Å². The summed E-state index contributed by atoms with van der Waals surface area (Å²) in [5.41, 5.74) is -0.167. The summed E-state index contributed by atoms with van der Waals surface area (Å²) >= 11 is 1.88. The summed E-state index contributed by atoms with van der Waals surface area (Å²) in [6.45, 7) is 6.38. The summed E-state index contributed by atoms with van der Waals surface area (Å²) < 4.78 is 0. The van der Waals surface area contributed by atoms with Crippen molar-refractivity contribution in [2.45, 2.75) is 39.5 Å². The fraction of sp³-hybridized carbons (Fsp3) is 0.923. The van der Waals surface area contributed by atoms with Gasteiger partial charge >= 0.3 is 0 Å². The van der Waals surface area contributed by atoms with Crippen LogP contribution >= 0.6 is 11.8 Å². The van der Waals surface area contributed by atoms with Crippen molar-refractivity contribution in [3.8, 4) is 6.07 Å². The minimum Gasteiger partial charge on any atom is -0.396 e. The van der Waals surface area contributed by atoms with Gasteiger partial charge in [-0.1, -0.05) is 6.42 Å². The molecule has 2 N–H and O–H groups in total. The summed E-state index contributed by atoms with van der Waals surface area (Å²) in [7, 11) is 0. The lowest BCUT2D eigenvalue weighted by Crippen LogP contribution is -2.19. The predicted molar refractivity (Wildman–Crippen MR) is 75.1 cm³/mol. The second-order valence-electron chi connectivity index (χ2n) is 4.89. The van der Waals surface area contributed by atoms with Crippen molar-refractivity contribution >= 4 is 11.8 Å². The van der Waals surface area contributed by atoms with Crippen LogP contribution in [0.4, 0.5) is 0 Å².